The molecule has 0 aromatic heterocycles. The van der Waals surface area contributed by atoms with Crippen LogP contribution in [-0.2, 0) is 8.85 Å². The van der Waals surface area contributed by atoms with Crippen LogP contribution in [0.25, 0.3) is 0 Å². The molecule has 2 rings (SSSR count). The molecular formula is C15H26O2Si. The minimum absolute atomic E-state index is 0.730. The van der Waals surface area contributed by atoms with Gasteiger partial charge in [0.05, 0.1) is 13.2 Å². The van der Waals surface area contributed by atoms with Crippen LogP contribution in [0.4, 0.5) is 0 Å². The average molecular weight is 266 g/mol. The molecule has 102 valence electrons. The molecule has 2 saturated carbocycles. The normalized spacial score (nSPS) is 22.4. The van der Waals surface area contributed by atoms with E-state index in [1.54, 1.807) is 0 Å². The Morgan fingerprint density at radius 2 is 1.72 bits per heavy atom. The summed E-state index contributed by atoms with van der Waals surface area (Å²) in [5, 5.41) is 0. The van der Waals surface area contributed by atoms with E-state index in [0.717, 1.165) is 25.0 Å². The highest BCUT2D eigenvalue weighted by molar-refractivity contribution is 6.54. The first kappa shape index (κ1) is 13.8. The zero-order valence-corrected chi connectivity index (χ0v) is 12.6. The maximum atomic E-state index is 5.90. The van der Waals surface area contributed by atoms with Gasteiger partial charge < -0.3 is 8.85 Å². The van der Waals surface area contributed by atoms with Crippen LogP contribution in [0, 0.1) is 11.8 Å². The zero-order valence-electron chi connectivity index (χ0n) is 11.6. The molecule has 2 nitrogen and oxygen atoms in total. The fraction of sp³-hybridized carbons (Fsp3) is 0.800. The van der Waals surface area contributed by atoms with Gasteiger partial charge in [-0.2, -0.15) is 0 Å². The lowest BCUT2D eigenvalue weighted by Gasteiger charge is -2.21. The van der Waals surface area contributed by atoms with Crippen molar-refractivity contribution in [2.45, 2.75) is 51.9 Å². The lowest BCUT2D eigenvalue weighted by atomic mass is 9.85. The molecule has 0 aromatic carbocycles. The molecule has 0 aliphatic heterocycles. The van der Waals surface area contributed by atoms with E-state index in [9.17, 15) is 0 Å². The SMILES string of the molecule is CCO[Si](=CC1CCCC1)OCC=CC1CCC1. The van der Waals surface area contributed by atoms with Crippen LogP contribution >= 0.6 is 0 Å². The first-order valence-corrected chi connectivity index (χ1v) is 8.92. The highest BCUT2D eigenvalue weighted by Gasteiger charge is 2.16. The molecule has 0 unspecified atom stereocenters. The van der Waals surface area contributed by atoms with Gasteiger partial charge in [0.15, 0.2) is 0 Å². The van der Waals surface area contributed by atoms with Gasteiger partial charge in [-0.15, -0.1) is 0 Å². The van der Waals surface area contributed by atoms with Crippen molar-refractivity contribution in [2.75, 3.05) is 13.2 Å². The van der Waals surface area contributed by atoms with Crippen LogP contribution in [0.1, 0.15) is 51.9 Å². The maximum absolute atomic E-state index is 5.90. The number of hydrogen-bond donors (Lipinski definition) is 0. The third kappa shape index (κ3) is 4.60. The van der Waals surface area contributed by atoms with Crippen molar-refractivity contribution >= 4 is 14.6 Å². The Kier molecular flexibility index (Phi) is 5.98. The van der Waals surface area contributed by atoms with Gasteiger partial charge in [0.25, 0.3) is 0 Å². The highest BCUT2D eigenvalue weighted by atomic mass is 28.3. The van der Waals surface area contributed by atoms with Crippen molar-refractivity contribution in [1.29, 1.82) is 0 Å². The molecule has 0 atom stereocenters. The summed E-state index contributed by atoms with van der Waals surface area (Å²) in [6.07, 6.45) is 14.1. The Morgan fingerprint density at radius 1 is 1.00 bits per heavy atom. The summed E-state index contributed by atoms with van der Waals surface area (Å²) in [6, 6.07) is 0. The monoisotopic (exact) mass is 266 g/mol. The first-order chi connectivity index (χ1) is 8.88. The van der Waals surface area contributed by atoms with Crippen molar-refractivity contribution in [3.05, 3.63) is 12.2 Å². The quantitative estimate of drug-likeness (QED) is 0.519. The minimum Gasteiger partial charge on any atom is -0.524 e. The summed E-state index contributed by atoms with van der Waals surface area (Å²) in [4.78, 5) is 0. The standard InChI is InChI=1S/C15H26O2Si/c1-2-16-18(13-15-7-3-4-8-15)17-12-6-11-14-9-5-10-14/h6,11,13-15H,2-5,7-10,12H2,1H3. The summed E-state index contributed by atoms with van der Waals surface area (Å²) >= 11 is 0. The van der Waals surface area contributed by atoms with E-state index in [2.05, 4.69) is 24.7 Å². The second kappa shape index (κ2) is 7.77. The second-order valence-corrected chi connectivity index (χ2v) is 6.94. The van der Waals surface area contributed by atoms with Gasteiger partial charge in [-0.25, -0.2) is 0 Å². The summed E-state index contributed by atoms with van der Waals surface area (Å²) in [7, 11) is -1.14. The van der Waals surface area contributed by atoms with Gasteiger partial charge >= 0.3 is 8.90 Å². The van der Waals surface area contributed by atoms with Crippen LogP contribution < -0.4 is 0 Å². The van der Waals surface area contributed by atoms with Crippen LogP contribution in [-0.4, -0.2) is 27.8 Å². The molecule has 0 aromatic rings. The largest absolute Gasteiger partial charge is 0.524 e. The molecule has 0 saturated heterocycles. The van der Waals surface area contributed by atoms with E-state index in [1.165, 1.54) is 44.9 Å². The summed E-state index contributed by atoms with van der Waals surface area (Å²) in [6.45, 7) is 3.55. The van der Waals surface area contributed by atoms with Crippen molar-refractivity contribution in [2.24, 2.45) is 11.8 Å². The fourth-order valence-corrected chi connectivity index (χ4v) is 4.15. The molecule has 0 bridgehead atoms. The molecule has 3 heteroatoms. The van der Waals surface area contributed by atoms with Crippen LogP contribution in [0.5, 0.6) is 0 Å². The van der Waals surface area contributed by atoms with Crippen LogP contribution in [0.3, 0.4) is 0 Å². The number of allylic oxidation sites excluding steroid dienone is 1. The lowest BCUT2D eigenvalue weighted by molar-refractivity contribution is 0.243. The molecule has 0 radical (unpaired) electrons. The Morgan fingerprint density at radius 3 is 2.33 bits per heavy atom. The van der Waals surface area contributed by atoms with Crippen molar-refractivity contribution in [1.82, 2.24) is 0 Å². The molecule has 2 aliphatic rings. The predicted octanol–water partition coefficient (Wildman–Crippen LogP) is 3.46. The maximum Gasteiger partial charge on any atom is 0.476 e. The average Bonchev–Trinajstić information content (AvgIpc) is 2.79. The Balaban J connectivity index is 1.72. The second-order valence-electron chi connectivity index (χ2n) is 5.39. The third-order valence-electron chi connectivity index (χ3n) is 3.94. The minimum atomic E-state index is -1.14. The van der Waals surface area contributed by atoms with Gasteiger partial charge in [-0.05, 0) is 50.1 Å². The predicted molar refractivity (Wildman–Crippen MR) is 77.8 cm³/mol. The molecule has 18 heavy (non-hydrogen) atoms. The summed E-state index contributed by atoms with van der Waals surface area (Å²) in [5.41, 5.74) is 2.37. The molecule has 2 aliphatic carbocycles. The topological polar surface area (TPSA) is 18.5 Å². The van der Waals surface area contributed by atoms with E-state index in [-0.39, 0.29) is 0 Å². The Labute approximate surface area is 113 Å². The van der Waals surface area contributed by atoms with Crippen molar-refractivity contribution in [3.63, 3.8) is 0 Å². The molecule has 0 N–H and O–H groups in total. The van der Waals surface area contributed by atoms with Crippen LogP contribution in [0.2, 0.25) is 0 Å². The number of hydrogen-bond acceptors (Lipinski definition) is 2. The summed E-state index contributed by atoms with van der Waals surface area (Å²) < 4.78 is 11.6. The van der Waals surface area contributed by atoms with E-state index >= 15 is 0 Å². The van der Waals surface area contributed by atoms with E-state index in [0.29, 0.717) is 0 Å². The fourth-order valence-electron chi connectivity index (χ4n) is 2.61. The van der Waals surface area contributed by atoms with E-state index in [1.807, 2.05) is 0 Å². The molecular weight excluding hydrogens is 240 g/mol. The summed E-state index contributed by atoms with van der Waals surface area (Å²) in [5.74, 6) is 1.58. The highest BCUT2D eigenvalue weighted by Crippen LogP contribution is 2.27. The zero-order chi connectivity index (χ0) is 12.6. The molecule has 0 spiro atoms. The number of rotatable bonds is 7. The first-order valence-electron chi connectivity index (χ1n) is 7.52. The van der Waals surface area contributed by atoms with Gasteiger partial charge in [0.1, 0.15) is 0 Å². The van der Waals surface area contributed by atoms with Crippen LogP contribution in [0.15, 0.2) is 12.2 Å². The van der Waals surface area contributed by atoms with E-state index < -0.39 is 8.90 Å². The molecule has 2 fully saturated rings. The van der Waals surface area contributed by atoms with Crippen molar-refractivity contribution in [3.8, 4) is 0 Å². The van der Waals surface area contributed by atoms with E-state index in [4.69, 9.17) is 8.85 Å². The Hall–Kier alpha value is -0.573. The smallest absolute Gasteiger partial charge is 0.476 e. The Bertz CT molecular complexity index is 289. The molecule has 0 heterocycles. The molecule has 0 amide bonds. The van der Waals surface area contributed by atoms with Gasteiger partial charge in [0, 0.05) is 0 Å². The third-order valence-corrected chi connectivity index (χ3v) is 5.71. The van der Waals surface area contributed by atoms with Gasteiger partial charge in [-0.1, -0.05) is 31.4 Å². The van der Waals surface area contributed by atoms with Gasteiger partial charge in [-0.3, -0.25) is 0 Å². The van der Waals surface area contributed by atoms with Crippen molar-refractivity contribution < 1.29 is 8.85 Å². The lowest BCUT2D eigenvalue weighted by Crippen LogP contribution is -2.20. The van der Waals surface area contributed by atoms with Gasteiger partial charge in [0.2, 0.25) is 0 Å².